The van der Waals surface area contributed by atoms with Crippen molar-refractivity contribution in [2.75, 3.05) is 0 Å². The lowest BCUT2D eigenvalue weighted by Gasteiger charge is -2.08. The van der Waals surface area contributed by atoms with Crippen molar-refractivity contribution in [1.29, 1.82) is 10.7 Å². The molecule has 122 valence electrons. The number of fused-ring (bicyclic) bond motifs is 3. The average molecular weight is 387 g/mol. The van der Waals surface area contributed by atoms with Gasteiger partial charge in [-0.3, -0.25) is 9.81 Å². The van der Waals surface area contributed by atoms with Crippen LogP contribution in [0.5, 0.6) is 11.6 Å². The predicted octanol–water partition coefficient (Wildman–Crippen LogP) is 5.00. The van der Waals surface area contributed by atoms with E-state index in [1.54, 1.807) is 34.7 Å². The number of thiazole rings is 1. The minimum absolute atomic E-state index is 0.0111. The van der Waals surface area contributed by atoms with Crippen molar-refractivity contribution in [2.45, 2.75) is 0 Å². The summed E-state index contributed by atoms with van der Waals surface area (Å²) >= 11 is 13.8. The van der Waals surface area contributed by atoms with E-state index in [4.69, 9.17) is 33.3 Å². The molecule has 5 nitrogen and oxygen atoms in total. The first-order valence-electron chi connectivity index (χ1n) is 7.11. The Kier molecular flexibility index (Phi) is 3.85. The maximum atomic E-state index is 9.52. The van der Waals surface area contributed by atoms with Crippen LogP contribution in [0.1, 0.15) is 5.56 Å². The Labute approximate surface area is 155 Å². The lowest BCUT2D eigenvalue weighted by molar-refractivity contribution is 0.460. The van der Waals surface area contributed by atoms with Crippen LogP contribution in [0.15, 0.2) is 42.5 Å². The van der Waals surface area contributed by atoms with Crippen LogP contribution in [0.2, 0.25) is 10.0 Å². The number of nitrogens with zero attached hydrogens (tertiary/aromatic N) is 3. The van der Waals surface area contributed by atoms with Crippen molar-refractivity contribution in [2.24, 2.45) is 0 Å². The van der Waals surface area contributed by atoms with Gasteiger partial charge < -0.3 is 4.74 Å². The summed E-state index contributed by atoms with van der Waals surface area (Å²) in [6, 6.07) is 14.3. The van der Waals surface area contributed by atoms with Gasteiger partial charge in [0.2, 0.25) is 5.88 Å². The minimum atomic E-state index is -0.0334. The number of para-hydroxylation sites is 2. The number of nitrogens with one attached hydrogen (secondary N) is 1. The number of rotatable bonds is 2. The van der Waals surface area contributed by atoms with E-state index in [-0.39, 0.29) is 16.9 Å². The topological polar surface area (TPSA) is 74.2 Å². The summed E-state index contributed by atoms with van der Waals surface area (Å²) in [5.41, 5.74) is 0.633. The normalized spacial score (nSPS) is 10.9. The fourth-order valence-electron chi connectivity index (χ4n) is 2.48. The standard InChI is InChI=1S/C17H8Cl2N4OS/c18-10-4-1-2-6-12(10)24-16-9(8-20)15(21)23-14-11(19)5-3-7-13(14)25-17(23)22-16/h1-7,21H. The maximum Gasteiger partial charge on any atom is 0.243 e. The quantitative estimate of drug-likeness (QED) is 0.526. The van der Waals surface area contributed by atoms with E-state index in [0.717, 1.165) is 4.70 Å². The monoisotopic (exact) mass is 386 g/mol. The molecule has 4 aromatic rings. The van der Waals surface area contributed by atoms with Crippen molar-refractivity contribution in [3.63, 3.8) is 0 Å². The molecule has 0 spiro atoms. The summed E-state index contributed by atoms with van der Waals surface area (Å²) in [6.07, 6.45) is 0. The molecule has 0 aliphatic heterocycles. The SMILES string of the molecule is N#Cc1c(Oc2ccccc2Cl)nc2sc3cccc(Cl)c3n2c1=N. The summed E-state index contributed by atoms with van der Waals surface area (Å²) in [6.45, 7) is 0. The molecule has 0 atom stereocenters. The lowest BCUT2D eigenvalue weighted by atomic mass is 10.3. The molecule has 8 heteroatoms. The van der Waals surface area contributed by atoms with Crippen LogP contribution in [-0.4, -0.2) is 9.38 Å². The number of aromatic nitrogens is 2. The van der Waals surface area contributed by atoms with Gasteiger partial charge in [0.25, 0.3) is 0 Å². The molecule has 1 N–H and O–H groups in total. The Hall–Kier alpha value is -2.59. The Morgan fingerprint density at radius 3 is 2.64 bits per heavy atom. The molecule has 0 radical (unpaired) electrons. The molecular formula is C17H8Cl2N4OS. The van der Waals surface area contributed by atoms with E-state index >= 15 is 0 Å². The number of benzene rings is 2. The smallest absolute Gasteiger partial charge is 0.243 e. The van der Waals surface area contributed by atoms with Crippen molar-refractivity contribution in [3.8, 4) is 17.7 Å². The molecule has 0 aliphatic rings. The highest BCUT2D eigenvalue weighted by atomic mass is 35.5. The fourth-order valence-corrected chi connectivity index (χ4v) is 4.01. The second kappa shape index (κ2) is 6.05. The van der Waals surface area contributed by atoms with Crippen LogP contribution < -0.4 is 10.2 Å². The first kappa shape index (κ1) is 15.9. The van der Waals surface area contributed by atoms with E-state index in [1.165, 1.54) is 11.3 Å². The molecule has 4 rings (SSSR count). The van der Waals surface area contributed by atoms with Crippen LogP contribution in [0.3, 0.4) is 0 Å². The van der Waals surface area contributed by atoms with Crippen LogP contribution in [0.4, 0.5) is 0 Å². The molecule has 0 saturated carbocycles. The zero-order chi connectivity index (χ0) is 17.6. The zero-order valence-corrected chi connectivity index (χ0v) is 14.8. The Balaban J connectivity index is 2.02. The first-order valence-corrected chi connectivity index (χ1v) is 8.68. The third-order valence-electron chi connectivity index (χ3n) is 3.59. The molecule has 0 amide bonds. The Morgan fingerprint density at radius 1 is 1.12 bits per heavy atom. The summed E-state index contributed by atoms with van der Waals surface area (Å²) in [5, 5.41) is 18.8. The highest BCUT2D eigenvalue weighted by molar-refractivity contribution is 7.23. The molecule has 25 heavy (non-hydrogen) atoms. The van der Waals surface area contributed by atoms with Gasteiger partial charge in [-0.15, -0.1) is 0 Å². The number of ether oxygens (including phenoxy) is 1. The van der Waals surface area contributed by atoms with Crippen molar-refractivity contribution >= 4 is 49.7 Å². The molecule has 2 heterocycles. The van der Waals surface area contributed by atoms with Gasteiger partial charge in [-0.2, -0.15) is 10.2 Å². The zero-order valence-electron chi connectivity index (χ0n) is 12.5. The van der Waals surface area contributed by atoms with Gasteiger partial charge in [-0.25, -0.2) is 0 Å². The maximum absolute atomic E-state index is 9.52. The molecule has 0 bridgehead atoms. The van der Waals surface area contributed by atoms with E-state index in [0.29, 0.717) is 26.3 Å². The van der Waals surface area contributed by atoms with Gasteiger partial charge in [-0.05, 0) is 24.3 Å². The van der Waals surface area contributed by atoms with Crippen LogP contribution in [0, 0.1) is 16.7 Å². The van der Waals surface area contributed by atoms with Crippen molar-refractivity contribution in [3.05, 3.63) is 63.6 Å². The third kappa shape index (κ3) is 2.53. The highest BCUT2D eigenvalue weighted by Gasteiger charge is 2.18. The van der Waals surface area contributed by atoms with Gasteiger partial charge in [0, 0.05) is 0 Å². The molecule has 0 fully saturated rings. The molecule has 0 saturated heterocycles. The van der Waals surface area contributed by atoms with Gasteiger partial charge in [0.15, 0.2) is 16.0 Å². The van der Waals surface area contributed by atoms with E-state index in [9.17, 15) is 5.26 Å². The van der Waals surface area contributed by atoms with E-state index in [1.807, 2.05) is 18.2 Å². The summed E-state index contributed by atoms with van der Waals surface area (Å²) in [5.74, 6) is 0.416. The Morgan fingerprint density at radius 2 is 1.88 bits per heavy atom. The first-order chi connectivity index (χ1) is 12.1. The number of hydrogen-bond donors (Lipinski definition) is 1. The van der Waals surface area contributed by atoms with Crippen LogP contribution in [-0.2, 0) is 0 Å². The third-order valence-corrected chi connectivity index (χ3v) is 5.22. The molecule has 2 aromatic carbocycles. The van der Waals surface area contributed by atoms with Gasteiger partial charge in [-0.1, -0.05) is 52.7 Å². The number of halogens is 2. The highest BCUT2D eigenvalue weighted by Crippen LogP contribution is 2.33. The molecule has 2 aromatic heterocycles. The largest absolute Gasteiger partial charge is 0.436 e. The summed E-state index contributed by atoms with van der Waals surface area (Å²) < 4.78 is 8.14. The summed E-state index contributed by atoms with van der Waals surface area (Å²) in [4.78, 5) is 4.93. The second-order valence-corrected chi connectivity index (χ2v) is 6.91. The molecule has 0 aliphatic carbocycles. The minimum Gasteiger partial charge on any atom is -0.436 e. The number of nitriles is 1. The summed E-state index contributed by atoms with van der Waals surface area (Å²) in [7, 11) is 0. The lowest BCUT2D eigenvalue weighted by Crippen LogP contribution is -2.18. The predicted molar refractivity (Wildman–Crippen MR) is 97.7 cm³/mol. The van der Waals surface area contributed by atoms with Gasteiger partial charge in [0.1, 0.15) is 11.8 Å². The van der Waals surface area contributed by atoms with E-state index < -0.39 is 0 Å². The van der Waals surface area contributed by atoms with Gasteiger partial charge >= 0.3 is 0 Å². The average Bonchev–Trinajstić information content (AvgIpc) is 2.97. The molecule has 0 unspecified atom stereocenters. The van der Waals surface area contributed by atoms with Crippen LogP contribution in [0.25, 0.3) is 15.2 Å². The van der Waals surface area contributed by atoms with Crippen LogP contribution >= 0.6 is 34.5 Å². The fraction of sp³-hybridized carbons (Fsp3) is 0. The van der Waals surface area contributed by atoms with Crippen molar-refractivity contribution in [1.82, 2.24) is 9.38 Å². The van der Waals surface area contributed by atoms with Gasteiger partial charge in [0.05, 0.1) is 20.3 Å². The van der Waals surface area contributed by atoms with E-state index in [2.05, 4.69) is 4.98 Å². The molecular weight excluding hydrogens is 379 g/mol. The van der Waals surface area contributed by atoms with Crippen molar-refractivity contribution < 1.29 is 4.74 Å². The number of hydrogen-bond acceptors (Lipinski definition) is 5. The Bertz CT molecular complexity index is 1240. The second-order valence-electron chi connectivity index (χ2n) is 5.09.